The maximum atomic E-state index is 8.79. The van der Waals surface area contributed by atoms with Crippen LogP contribution in [-0.4, -0.2) is 35.1 Å². The van der Waals surface area contributed by atoms with Crippen molar-refractivity contribution >= 4 is 0 Å². The van der Waals surface area contributed by atoms with Gasteiger partial charge in [-0.15, -0.1) is 0 Å². The molecule has 78 valence electrons. The molecule has 2 heterocycles. The average molecular weight is 199 g/mol. The number of aliphatic hydroxyl groups is 1. The highest BCUT2D eigenvalue weighted by Crippen LogP contribution is 2.23. The molecular weight excluding hydrogens is 186 g/mol. The summed E-state index contributed by atoms with van der Waals surface area (Å²) in [7, 11) is 0. The van der Waals surface area contributed by atoms with Gasteiger partial charge in [-0.3, -0.25) is 0 Å². The van der Waals surface area contributed by atoms with E-state index in [2.05, 4.69) is 10.1 Å². The summed E-state index contributed by atoms with van der Waals surface area (Å²) in [6, 6.07) is -0.585. The zero-order valence-electron chi connectivity index (χ0n) is 7.72. The van der Waals surface area contributed by atoms with Gasteiger partial charge in [-0.25, -0.2) is 0 Å². The molecule has 0 spiro atoms. The molecule has 1 saturated heterocycles. The van der Waals surface area contributed by atoms with Crippen molar-refractivity contribution in [2.24, 2.45) is 5.73 Å². The van der Waals surface area contributed by atoms with E-state index in [1.54, 1.807) is 0 Å². The van der Waals surface area contributed by atoms with Crippen LogP contribution in [0.2, 0.25) is 0 Å². The lowest BCUT2D eigenvalue weighted by molar-refractivity contribution is 0.192. The molecule has 14 heavy (non-hydrogen) atoms. The summed E-state index contributed by atoms with van der Waals surface area (Å²) in [4.78, 5) is 4.12. The van der Waals surface area contributed by atoms with Crippen LogP contribution in [0, 0.1) is 0 Å². The smallest absolute Gasteiger partial charge is 0.245 e. The van der Waals surface area contributed by atoms with Gasteiger partial charge < -0.3 is 20.1 Å². The van der Waals surface area contributed by atoms with E-state index in [9.17, 15) is 0 Å². The van der Waals surface area contributed by atoms with Crippen molar-refractivity contribution in [2.45, 2.75) is 18.4 Å². The third kappa shape index (κ3) is 1.77. The number of hydrogen-bond donors (Lipinski definition) is 2. The predicted octanol–water partition coefficient (Wildman–Crippen LogP) is -0.434. The van der Waals surface area contributed by atoms with Crippen LogP contribution in [0.25, 0.3) is 0 Å². The van der Waals surface area contributed by atoms with Gasteiger partial charge in [0.05, 0.1) is 13.2 Å². The van der Waals surface area contributed by atoms with Crippen molar-refractivity contribution in [2.75, 3.05) is 19.8 Å². The molecule has 6 nitrogen and oxygen atoms in total. The Labute approximate surface area is 81.0 Å². The number of nitrogens with two attached hydrogens (primary N) is 1. The van der Waals surface area contributed by atoms with Crippen LogP contribution in [0.1, 0.15) is 30.1 Å². The molecule has 2 atom stereocenters. The Bertz CT molecular complexity index is 296. The van der Waals surface area contributed by atoms with Crippen molar-refractivity contribution in [3.8, 4) is 0 Å². The minimum absolute atomic E-state index is 0.192. The van der Waals surface area contributed by atoms with Crippen LogP contribution in [0.5, 0.6) is 0 Å². The van der Waals surface area contributed by atoms with Crippen LogP contribution in [-0.2, 0) is 4.74 Å². The number of ether oxygens (including phenoxy) is 1. The Morgan fingerprint density at radius 1 is 1.64 bits per heavy atom. The standard InChI is InChI=1S/C8H13N3O3/c9-6(3-12)8-10-7(11-14-8)5-1-2-13-4-5/h5-6,12H,1-4,9H2/t5?,6-/m0/s1. The monoisotopic (exact) mass is 199 g/mol. The fraction of sp³-hybridized carbons (Fsp3) is 0.750. The molecule has 1 fully saturated rings. The molecule has 3 N–H and O–H groups in total. The van der Waals surface area contributed by atoms with Crippen molar-refractivity contribution in [1.29, 1.82) is 0 Å². The number of rotatable bonds is 3. The van der Waals surface area contributed by atoms with Gasteiger partial charge >= 0.3 is 0 Å². The van der Waals surface area contributed by atoms with Crippen LogP contribution in [0.15, 0.2) is 4.52 Å². The summed E-state index contributed by atoms with van der Waals surface area (Å²) < 4.78 is 10.1. The van der Waals surface area contributed by atoms with E-state index in [-0.39, 0.29) is 18.4 Å². The molecule has 6 heteroatoms. The number of nitrogens with zero attached hydrogens (tertiary/aromatic N) is 2. The van der Waals surface area contributed by atoms with Crippen LogP contribution >= 0.6 is 0 Å². The van der Waals surface area contributed by atoms with E-state index in [1.165, 1.54) is 0 Å². The fourth-order valence-electron chi connectivity index (χ4n) is 1.38. The Morgan fingerprint density at radius 3 is 3.14 bits per heavy atom. The molecule has 0 radical (unpaired) electrons. The average Bonchev–Trinajstić information content (AvgIpc) is 2.86. The van der Waals surface area contributed by atoms with Crippen molar-refractivity contribution in [3.05, 3.63) is 11.7 Å². The van der Waals surface area contributed by atoms with Gasteiger partial charge in [0.15, 0.2) is 5.82 Å². The first-order chi connectivity index (χ1) is 6.81. The lowest BCUT2D eigenvalue weighted by atomic mass is 10.1. The molecule has 0 aromatic carbocycles. The van der Waals surface area contributed by atoms with Gasteiger partial charge in [-0.05, 0) is 6.42 Å². The summed E-state index contributed by atoms with van der Waals surface area (Å²) >= 11 is 0. The zero-order chi connectivity index (χ0) is 9.97. The molecule has 1 aliphatic rings. The summed E-state index contributed by atoms with van der Waals surface area (Å²) in [5.74, 6) is 1.12. The minimum atomic E-state index is -0.585. The Balaban J connectivity index is 2.08. The zero-order valence-corrected chi connectivity index (χ0v) is 7.72. The van der Waals surface area contributed by atoms with Crippen molar-refractivity contribution < 1.29 is 14.4 Å². The molecule has 0 aliphatic carbocycles. The highest BCUT2D eigenvalue weighted by atomic mass is 16.5. The maximum Gasteiger partial charge on any atom is 0.245 e. The molecule has 1 aliphatic heterocycles. The van der Waals surface area contributed by atoms with Crippen LogP contribution in [0.3, 0.4) is 0 Å². The van der Waals surface area contributed by atoms with Gasteiger partial charge in [0.2, 0.25) is 5.89 Å². The van der Waals surface area contributed by atoms with Crippen molar-refractivity contribution in [1.82, 2.24) is 10.1 Å². The van der Waals surface area contributed by atoms with Gasteiger partial charge in [-0.2, -0.15) is 4.98 Å². The molecule has 0 saturated carbocycles. The first-order valence-electron chi connectivity index (χ1n) is 4.59. The summed E-state index contributed by atoms with van der Waals surface area (Å²) in [5, 5.41) is 12.6. The normalized spacial score (nSPS) is 24.0. The molecule has 0 amide bonds. The third-order valence-electron chi connectivity index (χ3n) is 2.27. The van der Waals surface area contributed by atoms with E-state index in [0.717, 1.165) is 13.0 Å². The van der Waals surface area contributed by atoms with Crippen LogP contribution in [0.4, 0.5) is 0 Å². The van der Waals surface area contributed by atoms with Gasteiger partial charge in [-0.1, -0.05) is 5.16 Å². The fourth-order valence-corrected chi connectivity index (χ4v) is 1.38. The minimum Gasteiger partial charge on any atom is -0.394 e. The summed E-state index contributed by atoms with van der Waals surface area (Å²) in [6.45, 7) is 1.18. The second-order valence-electron chi connectivity index (χ2n) is 3.34. The Hall–Kier alpha value is -0.980. The van der Waals surface area contributed by atoms with E-state index in [0.29, 0.717) is 12.4 Å². The number of aromatic nitrogens is 2. The van der Waals surface area contributed by atoms with Gasteiger partial charge in [0, 0.05) is 12.5 Å². The second-order valence-corrected chi connectivity index (χ2v) is 3.34. The predicted molar refractivity (Wildman–Crippen MR) is 46.5 cm³/mol. The van der Waals surface area contributed by atoms with Crippen LogP contribution < -0.4 is 5.73 Å². The SMILES string of the molecule is N[C@@H](CO)c1nc(C2CCOC2)no1. The number of aliphatic hydroxyl groups excluding tert-OH is 1. The highest BCUT2D eigenvalue weighted by Gasteiger charge is 2.24. The molecule has 1 aromatic rings. The molecular formula is C8H13N3O3. The maximum absolute atomic E-state index is 8.79. The first-order valence-corrected chi connectivity index (χ1v) is 4.59. The van der Waals surface area contributed by atoms with E-state index >= 15 is 0 Å². The topological polar surface area (TPSA) is 94.4 Å². The summed E-state index contributed by atoms with van der Waals surface area (Å²) in [5.41, 5.74) is 5.53. The second kappa shape index (κ2) is 4.04. The molecule has 2 rings (SSSR count). The van der Waals surface area contributed by atoms with Gasteiger partial charge in [0.1, 0.15) is 6.04 Å². The quantitative estimate of drug-likeness (QED) is 0.685. The van der Waals surface area contributed by atoms with E-state index in [4.69, 9.17) is 20.1 Å². The highest BCUT2D eigenvalue weighted by molar-refractivity contribution is 4.99. The third-order valence-corrected chi connectivity index (χ3v) is 2.27. The largest absolute Gasteiger partial charge is 0.394 e. The van der Waals surface area contributed by atoms with E-state index < -0.39 is 6.04 Å². The van der Waals surface area contributed by atoms with Crippen molar-refractivity contribution in [3.63, 3.8) is 0 Å². The lowest BCUT2D eigenvalue weighted by Gasteiger charge is -2.00. The van der Waals surface area contributed by atoms with E-state index in [1.807, 2.05) is 0 Å². The molecule has 0 bridgehead atoms. The first kappa shape index (κ1) is 9.57. The number of hydrogen-bond acceptors (Lipinski definition) is 6. The molecule has 1 unspecified atom stereocenters. The Kier molecular flexibility index (Phi) is 2.76. The Morgan fingerprint density at radius 2 is 2.50 bits per heavy atom. The van der Waals surface area contributed by atoms with Gasteiger partial charge in [0.25, 0.3) is 0 Å². The lowest BCUT2D eigenvalue weighted by Crippen LogP contribution is -2.15. The summed E-state index contributed by atoms with van der Waals surface area (Å²) in [6.07, 6.45) is 0.910. The molecule has 1 aromatic heterocycles.